The number of aliphatic hydroxyl groups is 1. The van der Waals surface area contributed by atoms with E-state index in [1.165, 1.54) is 6.26 Å². The van der Waals surface area contributed by atoms with Gasteiger partial charge in [0.2, 0.25) is 5.91 Å². The van der Waals surface area contributed by atoms with Crippen LogP contribution >= 0.6 is 0 Å². The highest BCUT2D eigenvalue weighted by molar-refractivity contribution is 5.82. The normalized spacial score (nSPS) is 16.2. The topological polar surface area (TPSA) is 65.7 Å². The number of furan rings is 1. The third-order valence-corrected chi connectivity index (χ3v) is 3.29. The van der Waals surface area contributed by atoms with E-state index in [0.717, 1.165) is 0 Å². The van der Waals surface area contributed by atoms with E-state index in [0.29, 0.717) is 12.2 Å². The van der Waals surface area contributed by atoms with Gasteiger partial charge < -0.3 is 14.8 Å². The van der Waals surface area contributed by atoms with Gasteiger partial charge in [0.1, 0.15) is 11.9 Å². The van der Waals surface area contributed by atoms with Crippen molar-refractivity contribution in [2.45, 2.75) is 45.4 Å². The lowest BCUT2D eigenvalue weighted by atomic mass is 10.0. The second-order valence-electron chi connectivity index (χ2n) is 5.83. The van der Waals surface area contributed by atoms with Gasteiger partial charge in [-0.1, -0.05) is 13.8 Å². The summed E-state index contributed by atoms with van der Waals surface area (Å²) in [7, 11) is 3.79. The van der Waals surface area contributed by atoms with Crippen LogP contribution in [0.1, 0.15) is 39.1 Å². The Bertz CT molecular complexity index is 393. The second-order valence-corrected chi connectivity index (χ2v) is 5.83. The van der Waals surface area contributed by atoms with E-state index in [9.17, 15) is 9.90 Å². The van der Waals surface area contributed by atoms with E-state index >= 15 is 0 Å². The lowest BCUT2D eigenvalue weighted by Gasteiger charge is -2.28. The molecule has 0 bridgehead atoms. The molecule has 1 amide bonds. The minimum absolute atomic E-state index is 0.0101. The third kappa shape index (κ3) is 4.65. The van der Waals surface area contributed by atoms with Gasteiger partial charge in [0, 0.05) is 12.5 Å². The molecule has 114 valence electrons. The minimum atomic E-state index is -0.697. The predicted molar refractivity (Wildman–Crippen MR) is 78.2 cm³/mol. The summed E-state index contributed by atoms with van der Waals surface area (Å²) in [6.45, 7) is 5.93. The fourth-order valence-corrected chi connectivity index (χ4v) is 2.45. The summed E-state index contributed by atoms with van der Waals surface area (Å²) < 4.78 is 5.15. The molecule has 1 heterocycles. The molecule has 0 aromatic carbocycles. The number of hydrogen-bond donors (Lipinski definition) is 2. The number of carbonyl (C=O) groups is 1. The molecule has 1 aromatic rings. The van der Waals surface area contributed by atoms with Gasteiger partial charge in [0.25, 0.3) is 0 Å². The van der Waals surface area contributed by atoms with Gasteiger partial charge >= 0.3 is 0 Å². The van der Waals surface area contributed by atoms with Crippen molar-refractivity contribution in [1.29, 1.82) is 0 Å². The van der Waals surface area contributed by atoms with Gasteiger partial charge in [0.05, 0.1) is 12.3 Å². The molecule has 0 radical (unpaired) electrons. The summed E-state index contributed by atoms with van der Waals surface area (Å²) in [4.78, 5) is 14.2. The predicted octanol–water partition coefficient (Wildman–Crippen LogP) is 1.79. The van der Waals surface area contributed by atoms with Gasteiger partial charge in [-0.2, -0.15) is 0 Å². The number of hydrogen-bond acceptors (Lipinski definition) is 4. The summed E-state index contributed by atoms with van der Waals surface area (Å²) >= 11 is 0. The average molecular weight is 282 g/mol. The molecule has 0 fully saturated rings. The van der Waals surface area contributed by atoms with Crippen molar-refractivity contribution < 1.29 is 14.3 Å². The fourth-order valence-electron chi connectivity index (χ4n) is 2.45. The lowest BCUT2D eigenvalue weighted by Crippen LogP contribution is -2.49. The van der Waals surface area contributed by atoms with Crippen LogP contribution in [-0.2, 0) is 4.79 Å². The molecule has 3 atom stereocenters. The van der Waals surface area contributed by atoms with E-state index in [-0.39, 0.29) is 23.9 Å². The number of nitrogens with zero attached hydrogens (tertiary/aromatic N) is 1. The molecule has 0 spiro atoms. The molecule has 1 aromatic heterocycles. The first kappa shape index (κ1) is 16.7. The quantitative estimate of drug-likeness (QED) is 0.800. The zero-order valence-corrected chi connectivity index (χ0v) is 13.0. The summed E-state index contributed by atoms with van der Waals surface area (Å²) in [5, 5.41) is 12.9. The number of nitrogens with one attached hydrogen (secondary N) is 1. The fraction of sp³-hybridized carbons (Fsp3) is 0.667. The van der Waals surface area contributed by atoms with Gasteiger partial charge in [-0.15, -0.1) is 0 Å². The molecule has 3 unspecified atom stereocenters. The maximum absolute atomic E-state index is 12.2. The summed E-state index contributed by atoms with van der Waals surface area (Å²) in [5.74, 6) is 0.746. The van der Waals surface area contributed by atoms with Gasteiger partial charge in [-0.3, -0.25) is 9.69 Å². The highest BCUT2D eigenvalue weighted by atomic mass is 16.4. The van der Waals surface area contributed by atoms with Crippen LogP contribution in [0.2, 0.25) is 0 Å². The molecular weight excluding hydrogens is 256 g/mol. The minimum Gasteiger partial charge on any atom is -0.467 e. The molecule has 0 saturated carbocycles. The molecule has 2 N–H and O–H groups in total. The zero-order valence-electron chi connectivity index (χ0n) is 13.0. The SMILES string of the molecule is CC(CC(O)c1ccco1)NC(=O)C(C(C)C)N(C)C. The first-order valence-electron chi connectivity index (χ1n) is 7.01. The Morgan fingerprint density at radius 2 is 2.05 bits per heavy atom. The highest BCUT2D eigenvalue weighted by Gasteiger charge is 2.26. The van der Waals surface area contributed by atoms with Crippen LogP contribution in [0, 0.1) is 5.92 Å². The van der Waals surface area contributed by atoms with Gasteiger partial charge in [-0.25, -0.2) is 0 Å². The van der Waals surface area contributed by atoms with Crippen molar-refractivity contribution >= 4 is 5.91 Å². The summed E-state index contributed by atoms with van der Waals surface area (Å²) in [5.41, 5.74) is 0. The zero-order chi connectivity index (χ0) is 15.3. The Kier molecular flexibility index (Phi) is 6.23. The summed E-state index contributed by atoms with van der Waals surface area (Å²) in [6, 6.07) is 3.18. The van der Waals surface area contributed by atoms with E-state index < -0.39 is 6.10 Å². The van der Waals surface area contributed by atoms with Gasteiger partial charge in [-0.05, 0) is 39.1 Å². The molecule has 1 rings (SSSR count). The Hall–Kier alpha value is -1.33. The maximum Gasteiger partial charge on any atom is 0.237 e. The first-order valence-corrected chi connectivity index (χ1v) is 7.01. The van der Waals surface area contributed by atoms with Crippen LogP contribution in [0.25, 0.3) is 0 Å². The van der Waals surface area contributed by atoms with Crippen LogP contribution in [0.5, 0.6) is 0 Å². The van der Waals surface area contributed by atoms with Crippen molar-refractivity contribution in [3.8, 4) is 0 Å². The highest BCUT2D eigenvalue weighted by Crippen LogP contribution is 2.18. The largest absolute Gasteiger partial charge is 0.467 e. The van der Waals surface area contributed by atoms with E-state index in [4.69, 9.17) is 4.42 Å². The van der Waals surface area contributed by atoms with Crippen LogP contribution in [0.4, 0.5) is 0 Å². The van der Waals surface area contributed by atoms with E-state index in [1.807, 2.05) is 39.8 Å². The lowest BCUT2D eigenvalue weighted by molar-refractivity contribution is -0.127. The van der Waals surface area contributed by atoms with Crippen LogP contribution < -0.4 is 5.32 Å². The molecule has 20 heavy (non-hydrogen) atoms. The average Bonchev–Trinajstić information content (AvgIpc) is 2.80. The maximum atomic E-state index is 12.2. The Labute approximate surface area is 121 Å². The van der Waals surface area contributed by atoms with Crippen molar-refractivity contribution in [3.63, 3.8) is 0 Å². The van der Waals surface area contributed by atoms with E-state index in [1.54, 1.807) is 12.1 Å². The van der Waals surface area contributed by atoms with E-state index in [2.05, 4.69) is 5.32 Å². The summed E-state index contributed by atoms with van der Waals surface area (Å²) in [6.07, 6.45) is 1.26. The molecule has 0 aliphatic heterocycles. The van der Waals surface area contributed by atoms with Crippen LogP contribution in [-0.4, -0.2) is 42.1 Å². The molecule has 0 saturated heterocycles. The first-order chi connectivity index (χ1) is 9.32. The molecule has 5 heteroatoms. The number of carbonyl (C=O) groups excluding carboxylic acids is 1. The number of rotatable bonds is 7. The molecule has 0 aliphatic carbocycles. The van der Waals surface area contributed by atoms with Crippen molar-refractivity contribution in [2.75, 3.05) is 14.1 Å². The second kappa shape index (κ2) is 7.45. The molecular formula is C15H26N2O3. The number of likely N-dealkylation sites (N-methyl/N-ethyl adjacent to an activating group) is 1. The van der Waals surface area contributed by atoms with Crippen LogP contribution in [0.3, 0.4) is 0 Å². The third-order valence-electron chi connectivity index (χ3n) is 3.29. The van der Waals surface area contributed by atoms with Crippen molar-refractivity contribution in [3.05, 3.63) is 24.2 Å². The molecule has 5 nitrogen and oxygen atoms in total. The number of amides is 1. The van der Waals surface area contributed by atoms with Crippen molar-refractivity contribution in [2.24, 2.45) is 5.92 Å². The smallest absolute Gasteiger partial charge is 0.237 e. The van der Waals surface area contributed by atoms with Crippen molar-refractivity contribution in [1.82, 2.24) is 10.2 Å². The Morgan fingerprint density at radius 1 is 1.40 bits per heavy atom. The van der Waals surface area contributed by atoms with Crippen LogP contribution in [0.15, 0.2) is 22.8 Å². The monoisotopic (exact) mass is 282 g/mol. The Morgan fingerprint density at radius 3 is 2.50 bits per heavy atom. The number of aliphatic hydroxyl groups excluding tert-OH is 1. The standard InChI is InChI=1S/C15H26N2O3/c1-10(2)14(17(4)5)15(19)16-11(3)9-12(18)13-7-6-8-20-13/h6-8,10-12,14,18H,9H2,1-5H3,(H,16,19). The Balaban J connectivity index is 2.52. The van der Waals surface area contributed by atoms with Gasteiger partial charge in [0.15, 0.2) is 0 Å². The molecule has 0 aliphatic rings.